The van der Waals surface area contributed by atoms with Gasteiger partial charge in [0.05, 0.1) is 7.11 Å². The van der Waals surface area contributed by atoms with Gasteiger partial charge in [0.1, 0.15) is 5.75 Å². The molecule has 19 heavy (non-hydrogen) atoms. The van der Waals surface area contributed by atoms with Crippen molar-refractivity contribution in [3.63, 3.8) is 0 Å². The molecule has 98 valence electrons. The van der Waals surface area contributed by atoms with Crippen LogP contribution in [0.15, 0.2) is 42.5 Å². The van der Waals surface area contributed by atoms with Crippen molar-refractivity contribution in [1.29, 1.82) is 0 Å². The van der Waals surface area contributed by atoms with Crippen molar-refractivity contribution >= 4 is 11.6 Å². The van der Waals surface area contributed by atoms with E-state index in [1.54, 1.807) is 31.4 Å². The normalized spacial score (nSPS) is 10.1. The van der Waals surface area contributed by atoms with Gasteiger partial charge in [0.25, 0.3) is 5.91 Å². The molecule has 0 saturated carbocycles. The standard InChI is InChI=1S/C16H17NO2/c1-11-4-5-12(2)15(10-11)17-16(18)13-6-8-14(19-3)9-7-13/h4-10H,1-3H3,(H,17,18). The molecular weight excluding hydrogens is 238 g/mol. The van der Waals surface area contributed by atoms with Crippen LogP contribution in [0.2, 0.25) is 0 Å². The minimum absolute atomic E-state index is 0.114. The van der Waals surface area contributed by atoms with Gasteiger partial charge in [-0.1, -0.05) is 12.1 Å². The molecule has 0 aliphatic rings. The molecule has 0 heterocycles. The van der Waals surface area contributed by atoms with Crippen LogP contribution in [-0.2, 0) is 0 Å². The number of carbonyl (C=O) groups is 1. The fraction of sp³-hybridized carbons (Fsp3) is 0.188. The van der Waals surface area contributed by atoms with Crippen LogP contribution in [0.25, 0.3) is 0 Å². The lowest BCUT2D eigenvalue weighted by Crippen LogP contribution is -2.12. The predicted molar refractivity (Wildman–Crippen MR) is 76.9 cm³/mol. The molecule has 1 N–H and O–H groups in total. The maximum Gasteiger partial charge on any atom is 0.255 e. The number of carbonyl (C=O) groups excluding carboxylic acids is 1. The zero-order chi connectivity index (χ0) is 13.8. The summed E-state index contributed by atoms with van der Waals surface area (Å²) in [7, 11) is 1.60. The van der Waals surface area contributed by atoms with Crippen molar-refractivity contribution in [1.82, 2.24) is 0 Å². The van der Waals surface area contributed by atoms with Crippen molar-refractivity contribution in [2.75, 3.05) is 12.4 Å². The summed E-state index contributed by atoms with van der Waals surface area (Å²) in [6, 6.07) is 13.0. The van der Waals surface area contributed by atoms with Crippen LogP contribution < -0.4 is 10.1 Å². The minimum Gasteiger partial charge on any atom is -0.497 e. The molecule has 0 atom stereocenters. The maximum atomic E-state index is 12.1. The summed E-state index contributed by atoms with van der Waals surface area (Å²) < 4.78 is 5.07. The Morgan fingerprint density at radius 3 is 2.37 bits per heavy atom. The van der Waals surface area contributed by atoms with E-state index in [9.17, 15) is 4.79 Å². The highest BCUT2D eigenvalue weighted by atomic mass is 16.5. The van der Waals surface area contributed by atoms with Crippen LogP contribution in [0.4, 0.5) is 5.69 Å². The highest BCUT2D eigenvalue weighted by Crippen LogP contribution is 2.18. The topological polar surface area (TPSA) is 38.3 Å². The van der Waals surface area contributed by atoms with Gasteiger partial charge in [0.2, 0.25) is 0 Å². The number of hydrogen-bond acceptors (Lipinski definition) is 2. The number of aryl methyl sites for hydroxylation is 2. The SMILES string of the molecule is COc1ccc(C(=O)Nc2cc(C)ccc2C)cc1. The first-order valence-electron chi connectivity index (χ1n) is 6.13. The van der Waals surface area contributed by atoms with E-state index < -0.39 is 0 Å². The van der Waals surface area contributed by atoms with E-state index in [0.717, 1.165) is 22.6 Å². The fourth-order valence-corrected chi connectivity index (χ4v) is 1.81. The monoisotopic (exact) mass is 255 g/mol. The molecule has 2 aromatic carbocycles. The highest BCUT2D eigenvalue weighted by Gasteiger charge is 2.07. The Hall–Kier alpha value is -2.29. The maximum absolute atomic E-state index is 12.1. The molecule has 0 aliphatic carbocycles. The summed E-state index contributed by atoms with van der Waals surface area (Å²) >= 11 is 0. The Labute approximate surface area is 113 Å². The molecule has 2 rings (SSSR count). The first-order chi connectivity index (χ1) is 9.10. The van der Waals surface area contributed by atoms with Gasteiger partial charge in [-0.05, 0) is 55.3 Å². The van der Waals surface area contributed by atoms with E-state index in [4.69, 9.17) is 4.74 Å². The van der Waals surface area contributed by atoms with Crippen molar-refractivity contribution in [2.45, 2.75) is 13.8 Å². The molecule has 0 aromatic heterocycles. The summed E-state index contributed by atoms with van der Waals surface area (Å²) in [5.74, 6) is 0.625. The van der Waals surface area contributed by atoms with Crippen LogP contribution in [0.3, 0.4) is 0 Å². The molecule has 0 aliphatic heterocycles. The second-order valence-corrected chi connectivity index (χ2v) is 4.50. The molecule has 0 saturated heterocycles. The minimum atomic E-state index is -0.114. The number of amides is 1. The van der Waals surface area contributed by atoms with Crippen LogP contribution in [-0.4, -0.2) is 13.0 Å². The van der Waals surface area contributed by atoms with Gasteiger partial charge in [-0.3, -0.25) is 4.79 Å². The molecule has 3 nitrogen and oxygen atoms in total. The summed E-state index contributed by atoms with van der Waals surface area (Å²) in [6.45, 7) is 3.98. The van der Waals surface area contributed by atoms with Gasteiger partial charge in [0.15, 0.2) is 0 Å². The van der Waals surface area contributed by atoms with E-state index >= 15 is 0 Å². The van der Waals surface area contributed by atoms with Gasteiger partial charge in [-0.25, -0.2) is 0 Å². The van der Waals surface area contributed by atoms with E-state index in [2.05, 4.69) is 5.32 Å². The number of methoxy groups -OCH3 is 1. The first-order valence-corrected chi connectivity index (χ1v) is 6.13. The summed E-state index contributed by atoms with van der Waals surface area (Å²) in [5, 5.41) is 2.93. The van der Waals surface area contributed by atoms with E-state index in [0.29, 0.717) is 5.56 Å². The molecule has 0 bridgehead atoms. The Morgan fingerprint density at radius 2 is 1.74 bits per heavy atom. The van der Waals surface area contributed by atoms with Crippen LogP contribution >= 0.6 is 0 Å². The van der Waals surface area contributed by atoms with Crippen molar-refractivity contribution in [2.24, 2.45) is 0 Å². The van der Waals surface area contributed by atoms with Gasteiger partial charge in [-0.2, -0.15) is 0 Å². The zero-order valence-corrected chi connectivity index (χ0v) is 11.4. The molecule has 1 amide bonds. The average molecular weight is 255 g/mol. The Kier molecular flexibility index (Phi) is 3.85. The predicted octanol–water partition coefficient (Wildman–Crippen LogP) is 3.56. The third-order valence-electron chi connectivity index (χ3n) is 2.99. The van der Waals surface area contributed by atoms with Crippen LogP contribution in [0, 0.1) is 13.8 Å². The molecule has 2 aromatic rings. The lowest BCUT2D eigenvalue weighted by atomic mass is 10.1. The third-order valence-corrected chi connectivity index (χ3v) is 2.99. The Bertz CT molecular complexity index is 588. The van der Waals surface area contributed by atoms with Gasteiger partial charge < -0.3 is 10.1 Å². The third kappa shape index (κ3) is 3.13. The summed E-state index contributed by atoms with van der Waals surface area (Å²) in [5.41, 5.74) is 3.63. The van der Waals surface area contributed by atoms with E-state index in [1.807, 2.05) is 32.0 Å². The largest absolute Gasteiger partial charge is 0.497 e. The number of hydrogen-bond donors (Lipinski definition) is 1. The van der Waals surface area contributed by atoms with E-state index in [1.165, 1.54) is 0 Å². The van der Waals surface area contributed by atoms with Crippen LogP contribution in [0.5, 0.6) is 5.75 Å². The smallest absolute Gasteiger partial charge is 0.255 e. The fourth-order valence-electron chi connectivity index (χ4n) is 1.81. The summed E-state index contributed by atoms with van der Waals surface area (Å²) in [6.07, 6.45) is 0. The second-order valence-electron chi connectivity index (χ2n) is 4.50. The van der Waals surface area contributed by atoms with E-state index in [-0.39, 0.29) is 5.91 Å². The van der Waals surface area contributed by atoms with Crippen molar-refractivity contribution < 1.29 is 9.53 Å². The number of anilines is 1. The average Bonchev–Trinajstić information content (AvgIpc) is 2.43. The molecule has 0 fully saturated rings. The first kappa shape index (κ1) is 13.1. The van der Waals surface area contributed by atoms with Gasteiger partial charge >= 0.3 is 0 Å². The Balaban J connectivity index is 2.18. The molecule has 0 spiro atoms. The zero-order valence-electron chi connectivity index (χ0n) is 11.4. The highest BCUT2D eigenvalue weighted by molar-refractivity contribution is 6.04. The van der Waals surface area contributed by atoms with Crippen molar-refractivity contribution in [3.05, 3.63) is 59.2 Å². The number of ether oxygens (including phenoxy) is 1. The van der Waals surface area contributed by atoms with Crippen LogP contribution in [0.1, 0.15) is 21.5 Å². The van der Waals surface area contributed by atoms with Gasteiger partial charge in [-0.15, -0.1) is 0 Å². The quantitative estimate of drug-likeness (QED) is 0.910. The molecular formula is C16H17NO2. The van der Waals surface area contributed by atoms with Gasteiger partial charge in [0, 0.05) is 11.3 Å². The molecule has 0 unspecified atom stereocenters. The molecule has 3 heteroatoms. The molecule has 0 radical (unpaired) electrons. The lowest BCUT2D eigenvalue weighted by molar-refractivity contribution is 0.102. The number of nitrogens with one attached hydrogen (secondary N) is 1. The number of benzene rings is 2. The summed E-state index contributed by atoms with van der Waals surface area (Å²) in [4.78, 5) is 12.1. The lowest BCUT2D eigenvalue weighted by Gasteiger charge is -2.09. The Morgan fingerprint density at radius 1 is 1.05 bits per heavy atom. The van der Waals surface area contributed by atoms with Crippen molar-refractivity contribution in [3.8, 4) is 5.75 Å². The second kappa shape index (κ2) is 5.57. The number of rotatable bonds is 3.